The van der Waals surface area contributed by atoms with Crippen molar-refractivity contribution >= 4 is 18.4 Å². The van der Waals surface area contributed by atoms with Crippen molar-refractivity contribution in [2.75, 3.05) is 0 Å². The summed E-state index contributed by atoms with van der Waals surface area (Å²) < 4.78 is 7.76. The Hall–Kier alpha value is -2.80. The minimum absolute atomic E-state index is 0.260. The first kappa shape index (κ1) is 16.1. The number of ether oxygens (including phenoxy) is 1. The van der Waals surface area contributed by atoms with Crippen LogP contribution in [0.1, 0.15) is 22.6 Å². The van der Waals surface area contributed by atoms with Crippen LogP contribution < -0.4 is 4.74 Å². The molecule has 7 heteroatoms. The van der Waals surface area contributed by atoms with Crippen LogP contribution in [0, 0.1) is 18.6 Å². The number of rotatable bonds is 5. The average molecular weight is 339 g/mol. The number of nitrogens with one attached hydrogen (secondary N) is 1. The van der Waals surface area contributed by atoms with E-state index < -0.39 is 0 Å². The molecule has 0 atom stereocenters. The zero-order valence-corrected chi connectivity index (χ0v) is 14.2. The smallest absolute Gasteiger partial charge is 0.216 e. The van der Waals surface area contributed by atoms with Crippen molar-refractivity contribution in [1.29, 1.82) is 0 Å². The fourth-order valence-corrected chi connectivity index (χ4v) is 2.47. The fraction of sp³-hybridized carbons (Fsp3) is 0.176. The van der Waals surface area contributed by atoms with Gasteiger partial charge in [0, 0.05) is 6.20 Å². The second kappa shape index (κ2) is 7.18. The van der Waals surface area contributed by atoms with Crippen LogP contribution in [-0.4, -0.2) is 26.1 Å². The maximum atomic E-state index is 5.82. The van der Waals surface area contributed by atoms with Crippen LogP contribution in [0.3, 0.4) is 0 Å². The summed E-state index contributed by atoms with van der Waals surface area (Å²) in [5.41, 5.74) is 3.04. The molecular weight excluding hydrogens is 322 g/mol. The van der Waals surface area contributed by atoms with E-state index in [2.05, 4.69) is 26.3 Å². The molecular formula is C17H17N5OS. The molecule has 0 aliphatic rings. The summed E-state index contributed by atoms with van der Waals surface area (Å²) in [6.45, 7) is 4.33. The summed E-state index contributed by atoms with van der Waals surface area (Å²) >= 11 is 5.22. The highest BCUT2D eigenvalue weighted by Crippen LogP contribution is 2.17. The van der Waals surface area contributed by atoms with Crippen LogP contribution in [0.5, 0.6) is 5.75 Å². The number of hydrogen-bond acceptors (Lipinski definition) is 5. The summed E-state index contributed by atoms with van der Waals surface area (Å²) in [6.07, 6.45) is 3.34. The molecule has 6 nitrogen and oxygen atoms in total. The van der Waals surface area contributed by atoms with Crippen molar-refractivity contribution in [1.82, 2.24) is 19.9 Å². The van der Waals surface area contributed by atoms with E-state index in [9.17, 15) is 0 Å². The number of hydrogen-bond donors (Lipinski definition) is 1. The number of benzene rings is 1. The van der Waals surface area contributed by atoms with Crippen LogP contribution >= 0.6 is 12.2 Å². The van der Waals surface area contributed by atoms with Crippen molar-refractivity contribution in [2.45, 2.75) is 20.5 Å². The Morgan fingerprint density at radius 1 is 1.25 bits per heavy atom. The Bertz CT molecular complexity index is 894. The molecule has 0 saturated carbocycles. The van der Waals surface area contributed by atoms with E-state index in [0.717, 1.165) is 22.6 Å². The van der Waals surface area contributed by atoms with Crippen molar-refractivity contribution < 1.29 is 4.74 Å². The quantitative estimate of drug-likeness (QED) is 0.571. The van der Waals surface area contributed by atoms with Gasteiger partial charge in [0.1, 0.15) is 12.4 Å². The van der Waals surface area contributed by atoms with Crippen molar-refractivity contribution in [3.8, 4) is 5.75 Å². The molecule has 0 amide bonds. The molecule has 1 aromatic carbocycles. The maximum Gasteiger partial charge on any atom is 0.216 e. The first-order valence-electron chi connectivity index (χ1n) is 7.44. The molecule has 122 valence electrons. The third-order valence-corrected chi connectivity index (χ3v) is 3.54. The fourth-order valence-electron chi connectivity index (χ4n) is 2.27. The number of pyridine rings is 1. The summed E-state index contributed by atoms with van der Waals surface area (Å²) in [5.74, 6) is 1.38. The lowest BCUT2D eigenvalue weighted by Crippen LogP contribution is -2.04. The summed E-state index contributed by atoms with van der Waals surface area (Å²) in [6, 6.07) is 11.7. The largest absolute Gasteiger partial charge is 0.486 e. The molecule has 24 heavy (non-hydrogen) atoms. The molecule has 0 unspecified atom stereocenters. The predicted molar refractivity (Wildman–Crippen MR) is 94.9 cm³/mol. The maximum absolute atomic E-state index is 5.82. The first-order chi connectivity index (χ1) is 11.6. The number of H-pyrrole nitrogens is 1. The molecule has 0 spiro atoms. The summed E-state index contributed by atoms with van der Waals surface area (Å²) in [7, 11) is 0. The molecule has 1 N–H and O–H groups in total. The van der Waals surface area contributed by atoms with Crippen LogP contribution in [0.15, 0.2) is 47.7 Å². The Kier molecular flexibility index (Phi) is 4.81. The van der Waals surface area contributed by atoms with Crippen LogP contribution in [0.2, 0.25) is 0 Å². The molecule has 2 aromatic heterocycles. The van der Waals surface area contributed by atoms with Crippen molar-refractivity contribution in [2.24, 2.45) is 5.10 Å². The van der Waals surface area contributed by atoms with Gasteiger partial charge in [0.25, 0.3) is 0 Å². The van der Waals surface area contributed by atoms with Crippen LogP contribution in [0.25, 0.3) is 0 Å². The van der Waals surface area contributed by atoms with Crippen molar-refractivity contribution in [3.05, 3.63) is 70.0 Å². The summed E-state index contributed by atoms with van der Waals surface area (Å²) in [5, 5.41) is 11.2. The van der Waals surface area contributed by atoms with Gasteiger partial charge in [-0.25, -0.2) is 5.10 Å². The highest BCUT2D eigenvalue weighted by molar-refractivity contribution is 7.71. The zero-order chi connectivity index (χ0) is 16.9. The lowest BCUT2D eigenvalue weighted by molar-refractivity contribution is 0.290. The number of aromatic nitrogens is 4. The molecule has 0 aliphatic carbocycles. The van der Waals surface area contributed by atoms with Gasteiger partial charge in [-0.05, 0) is 61.5 Å². The Labute approximate surface area is 144 Å². The second-order valence-corrected chi connectivity index (χ2v) is 5.75. The minimum Gasteiger partial charge on any atom is -0.486 e. The monoisotopic (exact) mass is 339 g/mol. The van der Waals surface area contributed by atoms with Gasteiger partial charge in [0.05, 0.1) is 11.9 Å². The Morgan fingerprint density at radius 2 is 2.04 bits per heavy atom. The normalized spacial score (nSPS) is 11.1. The summed E-state index contributed by atoms with van der Waals surface area (Å²) in [4.78, 5) is 4.19. The van der Waals surface area contributed by atoms with E-state index >= 15 is 0 Å². The minimum atomic E-state index is 0.260. The molecule has 0 bridgehead atoms. The standard InChI is InChI=1S/C17H17N5OS/c1-12-7-13(2)9-15(8-12)23-11-16-20-21-17(24)22(16)19-10-14-5-3-4-6-18-14/h3-10H,11H2,1-2H3,(H,21,24)/b19-10-. The number of aryl methyl sites for hydroxylation is 2. The average Bonchev–Trinajstić information content (AvgIpc) is 2.91. The SMILES string of the molecule is Cc1cc(C)cc(OCc2n[nH]c(=S)n2/N=C\c2ccccn2)c1. The van der Waals surface area contributed by atoms with Gasteiger partial charge in [-0.1, -0.05) is 12.1 Å². The molecule has 2 heterocycles. The molecule has 0 fully saturated rings. The number of aromatic amines is 1. The Morgan fingerprint density at radius 3 is 2.75 bits per heavy atom. The van der Waals surface area contributed by atoms with Gasteiger partial charge < -0.3 is 4.74 Å². The zero-order valence-electron chi connectivity index (χ0n) is 13.4. The third-order valence-electron chi connectivity index (χ3n) is 3.27. The van der Waals surface area contributed by atoms with Gasteiger partial charge in [0.2, 0.25) is 4.77 Å². The van der Waals surface area contributed by atoms with E-state index in [1.54, 1.807) is 12.4 Å². The lowest BCUT2D eigenvalue weighted by atomic mass is 10.1. The predicted octanol–water partition coefficient (Wildman–Crippen LogP) is 3.41. The van der Waals surface area contributed by atoms with E-state index in [-0.39, 0.29) is 6.61 Å². The van der Waals surface area contributed by atoms with E-state index in [1.807, 2.05) is 44.2 Å². The van der Waals surface area contributed by atoms with Gasteiger partial charge in [-0.15, -0.1) is 0 Å². The topological polar surface area (TPSA) is 68.1 Å². The molecule has 3 rings (SSSR count). The van der Waals surface area contributed by atoms with E-state index in [4.69, 9.17) is 17.0 Å². The van der Waals surface area contributed by atoms with Gasteiger partial charge >= 0.3 is 0 Å². The van der Waals surface area contributed by atoms with Gasteiger partial charge in [-0.3, -0.25) is 4.98 Å². The Balaban J connectivity index is 1.77. The first-order valence-corrected chi connectivity index (χ1v) is 7.85. The van der Waals surface area contributed by atoms with Crippen LogP contribution in [0.4, 0.5) is 0 Å². The van der Waals surface area contributed by atoms with Gasteiger partial charge in [-0.2, -0.15) is 14.9 Å². The van der Waals surface area contributed by atoms with Gasteiger partial charge in [0.15, 0.2) is 5.82 Å². The molecule has 0 saturated heterocycles. The van der Waals surface area contributed by atoms with Crippen LogP contribution in [-0.2, 0) is 6.61 Å². The third kappa shape index (κ3) is 3.94. The molecule has 0 aliphatic heterocycles. The van der Waals surface area contributed by atoms with E-state index in [0.29, 0.717) is 10.6 Å². The number of nitrogens with zero attached hydrogens (tertiary/aromatic N) is 4. The molecule has 3 aromatic rings. The van der Waals surface area contributed by atoms with Crippen molar-refractivity contribution in [3.63, 3.8) is 0 Å². The molecule has 0 radical (unpaired) electrons. The highest BCUT2D eigenvalue weighted by Gasteiger charge is 2.07. The second-order valence-electron chi connectivity index (χ2n) is 5.37. The lowest BCUT2D eigenvalue weighted by Gasteiger charge is -2.07. The van der Waals surface area contributed by atoms with E-state index in [1.165, 1.54) is 4.68 Å². The highest BCUT2D eigenvalue weighted by atomic mass is 32.1.